The van der Waals surface area contributed by atoms with Gasteiger partial charge in [-0.15, -0.1) is 0 Å². The van der Waals surface area contributed by atoms with Crippen LogP contribution in [0.4, 0.5) is 35.1 Å². The summed E-state index contributed by atoms with van der Waals surface area (Å²) in [5, 5.41) is 0. The lowest BCUT2D eigenvalue weighted by molar-refractivity contribution is -0.0126. The quantitative estimate of drug-likeness (QED) is 0.261. The van der Waals surface area contributed by atoms with Gasteiger partial charge in [0.25, 0.3) is 6.36 Å². The minimum Gasteiger partial charge on any atom is -0.456 e. The Morgan fingerprint density at radius 2 is 1.34 bits per heavy atom. The Morgan fingerprint density at radius 1 is 0.771 bits per heavy atom. The smallest absolute Gasteiger partial charge is 0.269 e. The normalized spacial score (nSPS) is 19.0. The zero-order valence-electron chi connectivity index (χ0n) is 18.2. The van der Waals surface area contributed by atoms with Crippen molar-refractivity contribution < 1.29 is 44.6 Å². The maximum Gasteiger partial charge on any atom is 0.269 e. The standard InChI is InChI=1S/C25H18F8O2/c1-11-2-3-21(34-10-11)12-4-15(26)22(16(27)5-12)13-6-17(28)23(18(29)7-13)25(33)35-14-8-19(30)24(32)20(31)9-14/h4-9,11,21,25H,2-3,10H2,1H3. The molecular weight excluding hydrogens is 484 g/mol. The highest BCUT2D eigenvalue weighted by Crippen LogP contribution is 2.37. The number of hydrogen-bond acceptors (Lipinski definition) is 2. The Hall–Kier alpha value is -3.14. The van der Waals surface area contributed by atoms with Crippen molar-refractivity contribution in [2.75, 3.05) is 6.61 Å². The van der Waals surface area contributed by atoms with Gasteiger partial charge >= 0.3 is 0 Å². The zero-order valence-corrected chi connectivity index (χ0v) is 18.2. The molecule has 0 aliphatic carbocycles. The molecule has 1 saturated heterocycles. The van der Waals surface area contributed by atoms with Crippen molar-refractivity contribution in [1.82, 2.24) is 0 Å². The lowest BCUT2D eigenvalue weighted by Crippen LogP contribution is -2.18. The van der Waals surface area contributed by atoms with E-state index in [0.717, 1.165) is 18.6 Å². The highest BCUT2D eigenvalue weighted by Gasteiger charge is 2.27. The molecule has 0 spiro atoms. The van der Waals surface area contributed by atoms with Gasteiger partial charge in [0.05, 0.1) is 17.2 Å². The Balaban J connectivity index is 1.62. The third-order valence-corrected chi connectivity index (χ3v) is 5.73. The fourth-order valence-electron chi connectivity index (χ4n) is 3.92. The van der Waals surface area contributed by atoms with Crippen molar-refractivity contribution in [3.63, 3.8) is 0 Å². The van der Waals surface area contributed by atoms with Crippen LogP contribution < -0.4 is 4.74 Å². The van der Waals surface area contributed by atoms with Crippen LogP contribution in [-0.2, 0) is 4.74 Å². The Kier molecular flexibility index (Phi) is 7.02. The average Bonchev–Trinajstić information content (AvgIpc) is 2.77. The SMILES string of the molecule is CC1CCC(c2cc(F)c(-c3cc(F)c(C(F)Oc4cc(F)c(F)c(F)c4)c(F)c3)c(F)c2)OC1. The fraction of sp³-hybridized carbons (Fsp3) is 0.280. The Bertz CT molecular complexity index is 1190. The second-order valence-electron chi connectivity index (χ2n) is 8.35. The van der Waals surface area contributed by atoms with E-state index < -0.39 is 75.6 Å². The van der Waals surface area contributed by atoms with Crippen molar-refractivity contribution in [3.05, 3.63) is 88.2 Å². The largest absolute Gasteiger partial charge is 0.456 e. The molecule has 0 bridgehead atoms. The van der Waals surface area contributed by atoms with Crippen LogP contribution in [0.1, 0.15) is 43.4 Å². The van der Waals surface area contributed by atoms with Gasteiger partial charge in [-0.05, 0) is 54.2 Å². The molecule has 1 heterocycles. The summed E-state index contributed by atoms with van der Waals surface area (Å²) in [5.74, 6) is -11.1. The highest BCUT2D eigenvalue weighted by atomic mass is 19.2. The van der Waals surface area contributed by atoms with Gasteiger partial charge in [0.15, 0.2) is 17.5 Å². The van der Waals surface area contributed by atoms with Crippen LogP contribution in [0.3, 0.4) is 0 Å². The lowest BCUT2D eigenvalue weighted by Gasteiger charge is -2.27. The molecule has 3 unspecified atom stereocenters. The molecule has 186 valence electrons. The fourth-order valence-corrected chi connectivity index (χ4v) is 3.92. The van der Waals surface area contributed by atoms with Crippen molar-refractivity contribution >= 4 is 0 Å². The summed E-state index contributed by atoms with van der Waals surface area (Å²) in [5.41, 5.74) is -2.35. The van der Waals surface area contributed by atoms with E-state index >= 15 is 0 Å². The van der Waals surface area contributed by atoms with Gasteiger partial charge in [-0.1, -0.05) is 6.92 Å². The number of alkyl halides is 1. The molecule has 2 nitrogen and oxygen atoms in total. The molecule has 3 aromatic carbocycles. The van der Waals surface area contributed by atoms with Crippen LogP contribution in [0.5, 0.6) is 5.75 Å². The molecule has 1 fully saturated rings. The molecule has 1 aliphatic rings. The third-order valence-electron chi connectivity index (χ3n) is 5.73. The first kappa shape index (κ1) is 25.0. The molecule has 0 saturated carbocycles. The van der Waals surface area contributed by atoms with E-state index in [2.05, 4.69) is 4.74 Å². The molecular formula is C25H18F8O2. The van der Waals surface area contributed by atoms with E-state index in [9.17, 15) is 35.1 Å². The van der Waals surface area contributed by atoms with Crippen molar-refractivity contribution in [2.24, 2.45) is 5.92 Å². The van der Waals surface area contributed by atoms with Crippen LogP contribution in [-0.4, -0.2) is 6.61 Å². The second-order valence-corrected chi connectivity index (χ2v) is 8.35. The van der Waals surface area contributed by atoms with Gasteiger partial charge in [-0.25, -0.2) is 30.7 Å². The minimum absolute atomic E-state index is 0.240. The first-order valence-corrected chi connectivity index (χ1v) is 10.6. The molecule has 4 rings (SSSR count). The zero-order chi connectivity index (χ0) is 25.4. The van der Waals surface area contributed by atoms with Crippen LogP contribution >= 0.6 is 0 Å². The molecule has 1 aliphatic heterocycles. The van der Waals surface area contributed by atoms with Crippen molar-refractivity contribution in [3.8, 4) is 16.9 Å². The van der Waals surface area contributed by atoms with Gasteiger partial charge in [0.2, 0.25) is 0 Å². The minimum atomic E-state index is -2.91. The molecule has 10 heteroatoms. The molecule has 35 heavy (non-hydrogen) atoms. The number of hydrogen-bond donors (Lipinski definition) is 0. The van der Waals surface area contributed by atoms with Gasteiger partial charge in [0.1, 0.15) is 29.0 Å². The van der Waals surface area contributed by atoms with Gasteiger partial charge in [-0.3, -0.25) is 0 Å². The summed E-state index contributed by atoms with van der Waals surface area (Å²) in [7, 11) is 0. The van der Waals surface area contributed by atoms with Crippen LogP contribution in [0.25, 0.3) is 11.1 Å². The summed E-state index contributed by atoms with van der Waals surface area (Å²) >= 11 is 0. The number of rotatable bonds is 5. The number of benzene rings is 3. The molecule has 0 aromatic heterocycles. The highest BCUT2D eigenvalue weighted by molar-refractivity contribution is 5.66. The predicted molar refractivity (Wildman–Crippen MR) is 110 cm³/mol. The number of ether oxygens (including phenoxy) is 2. The van der Waals surface area contributed by atoms with Crippen molar-refractivity contribution in [1.29, 1.82) is 0 Å². The monoisotopic (exact) mass is 502 g/mol. The van der Waals surface area contributed by atoms with Crippen LogP contribution in [0.15, 0.2) is 36.4 Å². The van der Waals surface area contributed by atoms with E-state index in [1.807, 2.05) is 6.92 Å². The van der Waals surface area contributed by atoms with Gasteiger partial charge in [0, 0.05) is 18.7 Å². The van der Waals surface area contributed by atoms with E-state index in [1.54, 1.807) is 0 Å². The summed E-state index contributed by atoms with van der Waals surface area (Å²) in [6.45, 7) is 2.41. The van der Waals surface area contributed by atoms with Crippen LogP contribution in [0.2, 0.25) is 0 Å². The number of halogens is 8. The Morgan fingerprint density at radius 3 is 1.86 bits per heavy atom. The van der Waals surface area contributed by atoms with Crippen LogP contribution in [0, 0.1) is 46.6 Å². The van der Waals surface area contributed by atoms with E-state index in [4.69, 9.17) is 4.74 Å². The molecule has 3 atom stereocenters. The summed E-state index contributed by atoms with van der Waals surface area (Å²) < 4.78 is 123. The first-order valence-electron chi connectivity index (χ1n) is 10.6. The van der Waals surface area contributed by atoms with E-state index in [0.29, 0.717) is 31.1 Å². The average molecular weight is 502 g/mol. The third kappa shape index (κ3) is 5.12. The molecule has 0 N–H and O–H groups in total. The van der Waals surface area contributed by atoms with Gasteiger partial charge < -0.3 is 9.47 Å². The topological polar surface area (TPSA) is 18.5 Å². The van der Waals surface area contributed by atoms with Crippen molar-refractivity contribution in [2.45, 2.75) is 32.2 Å². The van der Waals surface area contributed by atoms with Gasteiger partial charge in [-0.2, -0.15) is 4.39 Å². The van der Waals surface area contributed by atoms with E-state index in [-0.39, 0.29) is 17.7 Å². The lowest BCUT2D eigenvalue weighted by atomic mass is 9.93. The summed E-state index contributed by atoms with van der Waals surface area (Å²) in [6.07, 6.45) is -2.07. The maximum atomic E-state index is 14.8. The summed E-state index contributed by atoms with van der Waals surface area (Å²) in [4.78, 5) is 0. The molecule has 3 aromatic rings. The summed E-state index contributed by atoms with van der Waals surface area (Å²) in [6, 6.07) is 3.61. The Labute approximate surface area is 195 Å². The second kappa shape index (κ2) is 9.85. The molecule has 0 radical (unpaired) electrons. The predicted octanol–water partition coefficient (Wildman–Crippen LogP) is 7.86. The first-order chi connectivity index (χ1) is 16.5. The van der Waals surface area contributed by atoms with E-state index in [1.165, 1.54) is 0 Å². The maximum absolute atomic E-state index is 14.8. The molecule has 0 amide bonds.